The molecule has 0 N–H and O–H groups in total. The van der Waals surface area contributed by atoms with Crippen molar-refractivity contribution in [1.29, 1.82) is 0 Å². The van der Waals surface area contributed by atoms with E-state index in [1.54, 1.807) is 0 Å². The Balaban J connectivity index is 1.91. The molecule has 1 saturated carbocycles. The molecule has 0 heterocycles. The van der Waals surface area contributed by atoms with Gasteiger partial charge in [0.25, 0.3) is 0 Å². The lowest BCUT2D eigenvalue weighted by atomic mass is 10.0. The molecule has 0 aromatic heterocycles. The number of rotatable bonds is 8. The minimum atomic E-state index is -0.126. The molecule has 0 spiro atoms. The summed E-state index contributed by atoms with van der Waals surface area (Å²) in [6.07, 6.45) is 6.14. The fourth-order valence-electron chi connectivity index (χ4n) is 3.45. The summed E-state index contributed by atoms with van der Waals surface area (Å²) in [6.45, 7) is 5.71. The van der Waals surface area contributed by atoms with Crippen LogP contribution in [0.25, 0.3) is 0 Å². The van der Waals surface area contributed by atoms with Crippen LogP contribution in [-0.4, -0.2) is 30.5 Å². The lowest BCUT2D eigenvalue weighted by Crippen LogP contribution is -2.42. The van der Waals surface area contributed by atoms with E-state index in [9.17, 15) is 4.79 Å². The van der Waals surface area contributed by atoms with Gasteiger partial charge in [0, 0.05) is 6.54 Å². The van der Waals surface area contributed by atoms with E-state index in [4.69, 9.17) is 4.74 Å². The average molecular weight is 317 g/mol. The van der Waals surface area contributed by atoms with Crippen LogP contribution in [0.5, 0.6) is 0 Å². The van der Waals surface area contributed by atoms with Crippen LogP contribution in [0.2, 0.25) is 0 Å². The van der Waals surface area contributed by atoms with Crippen molar-refractivity contribution in [2.75, 3.05) is 13.6 Å². The van der Waals surface area contributed by atoms with Crippen LogP contribution in [0.4, 0.5) is 0 Å². The molecule has 0 radical (unpaired) electrons. The van der Waals surface area contributed by atoms with Crippen LogP contribution in [0.1, 0.15) is 51.5 Å². The van der Waals surface area contributed by atoms with Crippen LogP contribution in [0, 0.1) is 11.8 Å². The molecule has 23 heavy (non-hydrogen) atoms. The Morgan fingerprint density at radius 1 is 1.22 bits per heavy atom. The summed E-state index contributed by atoms with van der Waals surface area (Å²) >= 11 is 0. The quantitative estimate of drug-likeness (QED) is 0.671. The van der Waals surface area contributed by atoms with Crippen molar-refractivity contribution in [3.05, 3.63) is 35.9 Å². The van der Waals surface area contributed by atoms with E-state index < -0.39 is 0 Å². The molecular formula is C20H31NO2. The fourth-order valence-corrected chi connectivity index (χ4v) is 3.45. The van der Waals surface area contributed by atoms with E-state index >= 15 is 0 Å². The highest BCUT2D eigenvalue weighted by atomic mass is 16.5. The van der Waals surface area contributed by atoms with Crippen LogP contribution in [-0.2, 0) is 16.1 Å². The molecule has 3 nitrogen and oxygen atoms in total. The topological polar surface area (TPSA) is 29.5 Å². The molecule has 0 aliphatic heterocycles. The van der Waals surface area contributed by atoms with Crippen molar-refractivity contribution >= 4 is 5.97 Å². The molecule has 1 fully saturated rings. The van der Waals surface area contributed by atoms with Crippen LogP contribution in [0.3, 0.4) is 0 Å². The summed E-state index contributed by atoms with van der Waals surface area (Å²) in [4.78, 5) is 14.8. The Labute approximate surface area is 141 Å². The van der Waals surface area contributed by atoms with Crippen molar-refractivity contribution in [3.63, 3.8) is 0 Å². The standard InChI is InChI=1S/C20H31NO2/c1-16(2)13-19(21(3)14-17-9-7-8-10-17)20(22)23-15-18-11-5-4-6-12-18/h4-6,11-12,16-17,19H,7-10,13-15H2,1-3H3. The van der Waals surface area contributed by atoms with Gasteiger partial charge in [-0.05, 0) is 43.7 Å². The number of benzene rings is 1. The first-order valence-corrected chi connectivity index (χ1v) is 8.97. The molecule has 0 amide bonds. The second-order valence-electron chi connectivity index (χ2n) is 7.33. The third kappa shape index (κ3) is 5.98. The summed E-state index contributed by atoms with van der Waals surface area (Å²) in [6, 6.07) is 9.78. The van der Waals surface area contributed by atoms with Crippen molar-refractivity contribution in [3.8, 4) is 0 Å². The molecule has 2 rings (SSSR count). The van der Waals surface area contributed by atoms with Crippen molar-refractivity contribution in [1.82, 2.24) is 4.90 Å². The number of hydrogen-bond acceptors (Lipinski definition) is 3. The maximum atomic E-state index is 12.6. The van der Waals surface area contributed by atoms with E-state index in [1.807, 2.05) is 30.3 Å². The normalized spacial score (nSPS) is 16.9. The van der Waals surface area contributed by atoms with Gasteiger partial charge >= 0.3 is 5.97 Å². The average Bonchev–Trinajstić information content (AvgIpc) is 3.04. The summed E-state index contributed by atoms with van der Waals surface area (Å²) < 4.78 is 5.60. The van der Waals surface area contributed by atoms with Gasteiger partial charge in [-0.25, -0.2) is 0 Å². The summed E-state index contributed by atoms with van der Waals surface area (Å²) in [5.74, 6) is 1.15. The zero-order chi connectivity index (χ0) is 16.7. The molecule has 1 aromatic carbocycles. The Morgan fingerprint density at radius 2 is 1.87 bits per heavy atom. The van der Waals surface area contributed by atoms with E-state index in [1.165, 1.54) is 25.7 Å². The van der Waals surface area contributed by atoms with E-state index in [0.29, 0.717) is 12.5 Å². The Bertz CT molecular complexity index is 466. The number of hydrogen-bond donors (Lipinski definition) is 0. The molecule has 1 atom stereocenters. The Morgan fingerprint density at radius 3 is 2.48 bits per heavy atom. The molecular weight excluding hydrogens is 286 g/mol. The number of carbonyl (C=O) groups is 1. The summed E-state index contributed by atoms with van der Waals surface area (Å²) in [5, 5.41) is 0. The molecule has 0 bridgehead atoms. The SMILES string of the molecule is CC(C)CC(C(=O)OCc1ccccc1)N(C)CC1CCCC1. The zero-order valence-electron chi connectivity index (χ0n) is 14.8. The van der Waals surface area contributed by atoms with Gasteiger partial charge in [0.15, 0.2) is 0 Å². The number of nitrogens with zero attached hydrogens (tertiary/aromatic N) is 1. The number of esters is 1. The molecule has 1 aromatic rings. The second-order valence-corrected chi connectivity index (χ2v) is 7.33. The minimum absolute atomic E-state index is 0.0805. The first-order valence-electron chi connectivity index (χ1n) is 8.97. The van der Waals surface area contributed by atoms with Crippen molar-refractivity contribution in [2.45, 2.75) is 58.6 Å². The van der Waals surface area contributed by atoms with Gasteiger partial charge in [0.1, 0.15) is 12.6 Å². The molecule has 1 aliphatic rings. The number of ether oxygens (including phenoxy) is 1. The minimum Gasteiger partial charge on any atom is -0.460 e. The lowest BCUT2D eigenvalue weighted by molar-refractivity contribution is -0.151. The molecule has 3 heteroatoms. The van der Waals surface area contributed by atoms with Crippen LogP contribution >= 0.6 is 0 Å². The predicted octanol–water partition coefficient (Wildman–Crippen LogP) is 4.27. The second kappa shape index (κ2) is 9.07. The van der Waals surface area contributed by atoms with Gasteiger partial charge in [-0.1, -0.05) is 57.0 Å². The van der Waals surface area contributed by atoms with Gasteiger partial charge in [-0.3, -0.25) is 9.69 Å². The Hall–Kier alpha value is -1.35. The largest absolute Gasteiger partial charge is 0.460 e. The third-order valence-corrected chi connectivity index (χ3v) is 4.74. The van der Waals surface area contributed by atoms with Gasteiger partial charge in [0.05, 0.1) is 0 Å². The maximum Gasteiger partial charge on any atom is 0.323 e. The number of likely N-dealkylation sites (N-methyl/N-ethyl adjacent to an activating group) is 1. The maximum absolute atomic E-state index is 12.6. The molecule has 128 valence electrons. The molecule has 1 aliphatic carbocycles. The highest BCUT2D eigenvalue weighted by Gasteiger charge is 2.28. The van der Waals surface area contributed by atoms with Crippen molar-refractivity contribution in [2.24, 2.45) is 11.8 Å². The van der Waals surface area contributed by atoms with E-state index in [2.05, 4.69) is 25.8 Å². The fraction of sp³-hybridized carbons (Fsp3) is 0.650. The zero-order valence-corrected chi connectivity index (χ0v) is 14.8. The van der Waals surface area contributed by atoms with E-state index in [0.717, 1.165) is 24.4 Å². The molecule has 1 unspecified atom stereocenters. The van der Waals surface area contributed by atoms with Crippen molar-refractivity contribution < 1.29 is 9.53 Å². The predicted molar refractivity (Wildman–Crippen MR) is 94.1 cm³/mol. The molecule has 0 saturated heterocycles. The summed E-state index contributed by atoms with van der Waals surface area (Å²) in [5.41, 5.74) is 1.04. The monoisotopic (exact) mass is 317 g/mol. The van der Waals surface area contributed by atoms with Gasteiger partial charge in [-0.2, -0.15) is 0 Å². The van der Waals surface area contributed by atoms with E-state index in [-0.39, 0.29) is 12.0 Å². The van der Waals surface area contributed by atoms with Gasteiger partial charge < -0.3 is 4.74 Å². The van der Waals surface area contributed by atoms with Gasteiger partial charge in [0.2, 0.25) is 0 Å². The number of carbonyl (C=O) groups excluding carboxylic acids is 1. The van der Waals surface area contributed by atoms with Crippen LogP contribution < -0.4 is 0 Å². The first kappa shape index (κ1) is 18.0. The lowest BCUT2D eigenvalue weighted by Gasteiger charge is -2.29. The third-order valence-electron chi connectivity index (χ3n) is 4.74. The van der Waals surface area contributed by atoms with Gasteiger partial charge in [-0.15, -0.1) is 0 Å². The van der Waals surface area contributed by atoms with Crippen LogP contribution in [0.15, 0.2) is 30.3 Å². The highest BCUT2D eigenvalue weighted by molar-refractivity contribution is 5.75. The Kier molecular flexibility index (Phi) is 7.10. The smallest absolute Gasteiger partial charge is 0.323 e. The highest BCUT2D eigenvalue weighted by Crippen LogP contribution is 2.26. The first-order chi connectivity index (χ1) is 11.1. The summed E-state index contributed by atoms with van der Waals surface area (Å²) in [7, 11) is 2.08.